The van der Waals surface area contributed by atoms with Crippen LogP contribution in [0.5, 0.6) is 0 Å². The fourth-order valence-corrected chi connectivity index (χ4v) is 1.72. The average Bonchev–Trinajstić information content (AvgIpc) is 2.18. The van der Waals surface area contributed by atoms with Gasteiger partial charge in [-0.1, -0.05) is 13.3 Å². The highest BCUT2D eigenvalue weighted by Gasteiger charge is 2.26. The molecule has 0 aromatic rings. The summed E-state index contributed by atoms with van der Waals surface area (Å²) in [6.07, 6.45) is 2.96. The third-order valence-electron chi connectivity index (χ3n) is 2.67. The molecule has 1 rings (SSSR count). The van der Waals surface area contributed by atoms with Crippen LogP contribution >= 0.6 is 0 Å². The van der Waals surface area contributed by atoms with Crippen molar-refractivity contribution in [2.45, 2.75) is 52.2 Å². The maximum absolute atomic E-state index is 11.8. The maximum Gasteiger partial charge on any atom is 0.222 e. The van der Waals surface area contributed by atoms with Crippen molar-refractivity contribution in [1.82, 2.24) is 4.90 Å². The monoisotopic (exact) mass is 199 g/mol. The number of hydrogen-bond acceptors (Lipinski definition) is 2. The minimum absolute atomic E-state index is 0.191. The van der Waals surface area contributed by atoms with E-state index in [-0.39, 0.29) is 18.1 Å². The lowest BCUT2D eigenvalue weighted by atomic mass is 10.1. The summed E-state index contributed by atoms with van der Waals surface area (Å²) >= 11 is 0. The first kappa shape index (κ1) is 11.5. The lowest BCUT2D eigenvalue weighted by Gasteiger charge is -2.36. The van der Waals surface area contributed by atoms with Gasteiger partial charge in [0.2, 0.25) is 5.91 Å². The Morgan fingerprint density at radius 3 is 2.86 bits per heavy atom. The van der Waals surface area contributed by atoms with E-state index in [1.165, 1.54) is 0 Å². The highest BCUT2D eigenvalue weighted by Crippen LogP contribution is 2.13. The van der Waals surface area contributed by atoms with Crippen molar-refractivity contribution < 1.29 is 9.53 Å². The maximum atomic E-state index is 11.8. The Kier molecular flexibility index (Phi) is 4.39. The first-order valence-corrected chi connectivity index (χ1v) is 5.56. The third-order valence-corrected chi connectivity index (χ3v) is 2.67. The zero-order chi connectivity index (χ0) is 10.6. The standard InChI is InChI=1S/C11H21NO2/c1-4-5-6-11(13)12-7-10(3)14-8-9(12)2/h9-10H,4-8H2,1-3H3. The summed E-state index contributed by atoms with van der Waals surface area (Å²) < 4.78 is 5.48. The molecule has 3 nitrogen and oxygen atoms in total. The Morgan fingerprint density at radius 1 is 1.50 bits per heavy atom. The highest BCUT2D eigenvalue weighted by atomic mass is 16.5. The van der Waals surface area contributed by atoms with Crippen LogP contribution in [0.2, 0.25) is 0 Å². The van der Waals surface area contributed by atoms with Gasteiger partial charge in [-0.05, 0) is 20.3 Å². The molecule has 1 aliphatic heterocycles. The normalized spacial score (nSPS) is 27.8. The minimum atomic E-state index is 0.191. The van der Waals surface area contributed by atoms with E-state index in [0.717, 1.165) is 19.4 Å². The van der Waals surface area contributed by atoms with Crippen molar-refractivity contribution in [2.24, 2.45) is 0 Å². The summed E-state index contributed by atoms with van der Waals surface area (Å²) in [5.74, 6) is 0.287. The second-order valence-corrected chi connectivity index (χ2v) is 4.14. The van der Waals surface area contributed by atoms with E-state index in [1.807, 2.05) is 11.8 Å². The van der Waals surface area contributed by atoms with Gasteiger partial charge < -0.3 is 9.64 Å². The lowest BCUT2D eigenvalue weighted by molar-refractivity contribution is -0.143. The molecular formula is C11H21NO2. The van der Waals surface area contributed by atoms with Crippen LogP contribution in [0.1, 0.15) is 40.0 Å². The summed E-state index contributed by atoms with van der Waals surface area (Å²) in [4.78, 5) is 13.7. The van der Waals surface area contributed by atoms with Crippen LogP contribution in [-0.4, -0.2) is 36.1 Å². The van der Waals surface area contributed by atoms with Gasteiger partial charge in [0, 0.05) is 13.0 Å². The highest BCUT2D eigenvalue weighted by molar-refractivity contribution is 5.76. The molecule has 3 heteroatoms. The molecule has 0 aliphatic carbocycles. The quantitative estimate of drug-likeness (QED) is 0.694. The van der Waals surface area contributed by atoms with E-state index < -0.39 is 0 Å². The summed E-state index contributed by atoms with van der Waals surface area (Å²) in [6.45, 7) is 7.61. The molecule has 1 heterocycles. The summed E-state index contributed by atoms with van der Waals surface area (Å²) in [5, 5.41) is 0. The van der Waals surface area contributed by atoms with E-state index in [1.54, 1.807) is 0 Å². The van der Waals surface area contributed by atoms with Gasteiger partial charge in [-0.25, -0.2) is 0 Å². The van der Waals surface area contributed by atoms with Crippen molar-refractivity contribution >= 4 is 5.91 Å². The topological polar surface area (TPSA) is 29.5 Å². The van der Waals surface area contributed by atoms with Gasteiger partial charge in [0.15, 0.2) is 0 Å². The van der Waals surface area contributed by atoms with E-state index in [2.05, 4.69) is 13.8 Å². The molecular weight excluding hydrogens is 178 g/mol. The predicted molar refractivity (Wildman–Crippen MR) is 56.1 cm³/mol. The van der Waals surface area contributed by atoms with Crippen LogP contribution in [0.3, 0.4) is 0 Å². The number of hydrogen-bond donors (Lipinski definition) is 0. The molecule has 0 bridgehead atoms. The van der Waals surface area contributed by atoms with Crippen molar-refractivity contribution in [3.63, 3.8) is 0 Å². The van der Waals surface area contributed by atoms with Gasteiger partial charge in [-0.2, -0.15) is 0 Å². The van der Waals surface area contributed by atoms with E-state index in [4.69, 9.17) is 4.74 Å². The van der Waals surface area contributed by atoms with Crippen LogP contribution in [0.25, 0.3) is 0 Å². The summed E-state index contributed by atoms with van der Waals surface area (Å²) in [5.41, 5.74) is 0. The number of amides is 1. The van der Waals surface area contributed by atoms with Gasteiger partial charge in [0.05, 0.1) is 18.8 Å². The Labute approximate surface area is 86.4 Å². The lowest BCUT2D eigenvalue weighted by Crippen LogP contribution is -2.50. The molecule has 1 fully saturated rings. The molecule has 0 N–H and O–H groups in total. The SMILES string of the molecule is CCCCC(=O)N1CC(C)OCC1C. The number of carbonyl (C=O) groups excluding carboxylic acids is 1. The molecule has 0 spiro atoms. The second kappa shape index (κ2) is 5.35. The number of unbranched alkanes of at least 4 members (excludes halogenated alkanes) is 1. The molecule has 1 saturated heterocycles. The Morgan fingerprint density at radius 2 is 2.21 bits per heavy atom. The van der Waals surface area contributed by atoms with Crippen LogP contribution in [0.15, 0.2) is 0 Å². The Bertz CT molecular complexity index is 194. The van der Waals surface area contributed by atoms with Crippen LogP contribution in [0, 0.1) is 0 Å². The average molecular weight is 199 g/mol. The number of nitrogens with zero attached hydrogens (tertiary/aromatic N) is 1. The van der Waals surface area contributed by atoms with E-state index >= 15 is 0 Å². The van der Waals surface area contributed by atoms with Gasteiger partial charge in [-0.3, -0.25) is 4.79 Å². The van der Waals surface area contributed by atoms with Gasteiger partial charge >= 0.3 is 0 Å². The number of ether oxygens (including phenoxy) is 1. The fraction of sp³-hybridized carbons (Fsp3) is 0.909. The van der Waals surface area contributed by atoms with Gasteiger partial charge in [0.1, 0.15) is 0 Å². The van der Waals surface area contributed by atoms with Crippen molar-refractivity contribution in [1.29, 1.82) is 0 Å². The molecule has 1 amide bonds. The number of rotatable bonds is 3. The molecule has 0 radical (unpaired) electrons. The first-order valence-electron chi connectivity index (χ1n) is 5.56. The van der Waals surface area contributed by atoms with Gasteiger partial charge in [-0.15, -0.1) is 0 Å². The third kappa shape index (κ3) is 2.98. The molecule has 1 aliphatic rings. The zero-order valence-corrected chi connectivity index (χ0v) is 9.45. The molecule has 2 unspecified atom stereocenters. The predicted octanol–water partition coefficient (Wildman–Crippen LogP) is 1.81. The van der Waals surface area contributed by atoms with Crippen molar-refractivity contribution in [2.75, 3.05) is 13.2 Å². The summed E-state index contributed by atoms with van der Waals surface area (Å²) in [6, 6.07) is 0.246. The number of carbonyl (C=O) groups is 1. The molecule has 0 aromatic carbocycles. The molecule has 82 valence electrons. The van der Waals surface area contributed by atoms with E-state index in [0.29, 0.717) is 13.0 Å². The zero-order valence-electron chi connectivity index (χ0n) is 9.45. The molecule has 0 saturated carbocycles. The van der Waals surface area contributed by atoms with E-state index in [9.17, 15) is 4.79 Å². The van der Waals surface area contributed by atoms with Gasteiger partial charge in [0.25, 0.3) is 0 Å². The van der Waals surface area contributed by atoms with Crippen LogP contribution in [0.4, 0.5) is 0 Å². The molecule has 2 atom stereocenters. The minimum Gasteiger partial charge on any atom is -0.375 e. The second-order valence-electron chi connectivity index (χ2n) is 4.14. The summed E-state index contributed by atoms with van der Waals surface area (Å²) in [7, 11) is 0. The number of morpholine rings is 1. The largest absolute Gasteiger partial charge is 0.375 e. The van der Waals surface area contributed by atoms with Crippen LogP contribution < -0.4 is 0 Å². The van der Waals surface area contributed by atoms with Crippen molar-refractivity contribution in [3.8, 4) is 0 Å². The van der Waals surface area contributed by atoms with Crippen LogP contribution in [-0.2, 0) is 9.53 Å². The fourth-order valence-electron chi connectivity index (χ4n) is 1.72. The van der Waals surface area contributed by atoms with Crippen molar-refractivity contribution in [3.05, 3.63) is 0 Å². The Hall–Kier alpha value is -0.570. The Balaban J connectivity index is 2.43. The smallest absolute Gasteiger partial charge is 0.222 e. The molecule has 14 heavy (non-hydrogen) atoms. The first-order chi connectivity index (χ1) is 6.65. The molecule has 0 aromatic heterocycles.